The topological polar surface area (TPSA) is 50.9 Å². The third-order valence-electron chi connectivity index (χ3n) is 5.16. The first-order valence-corrected chi connectivity index (χ1v) is 9.96. The molecule has 0 saturated heterocycles. The van der Waals surface area contributed by atoms with Crippen LogP contribution < -0.4 is 11.1 Å². The van der Waals surface area contributed by atoms with E-state index in [-0.39, 0.29) is 0 Å². The van der Waals surface area contributed by atoms with Crippen molar-refractivity contribution in [2.45, 2.75) is 38.6 Å². The summed E-state index contributed by atoms with van der Waals surface area (Å²) in [5.74, 6) is 0.756. The summed E-state index contributed by atoms with van der Waals surface area (Å²) >= 11 is 1.76. The Labute approximate surface area is 153 Å². The number of nitrogens with one attached hydrogen (secondary N) is 1. The molecule has 1 saturated carbocycles. The highest BCUT2D eigenvalue weighted by atomic mass is 32.1. The lowest BCUT2D eigenvalue weighted by Crippen LogP contribution is -2.29. The first kappa shape index (κ1) is 16.6. The first-order valence-electron chi connectivity index (χ1n) is 9.14. The van der Waals surface area contributed by atoms with E-state index in [1.807, 2.05) is 0 Å². The monoisotopic (exact) mass is 351 g/mol. The third kappa shape index (κ3) is 3.86. The second kappa shape index (κ2) is 7.14. The molecule has 0 radical (unpaired) electrons. The van der Waals surface area contributed by atoms with Gasteiger partial charge in [-0.1, -0.05) is 6.07 Å². The van der Waals surface area contributed by atoms with Gasteiger partial charge < -0.3 is 11.1 Å². The molecule has 1 aromatic heterocycles. The highest BCUT2D eigenvalue weighted by molar-refractivity contribution is 7.21. The summed E-state index contributed by atoms with van der Waals surface area (Å²) in [6.45, 7) is 3.17. The molecule has 2 aromatic carbocycles. The Balaban J connectivity index is 1.42. The van der Waals surface area contributed by atoms with Crippen LogP contribution in [-0.2, 0) is 0 Å². The Bertz CT molecular complexity index is 845. The Morgan fingerprint density at radius 2 is 1.84 bits per heavy atom. The Morgan fingerprint density at radius 3 is 2.60 bits per heavy atom. The zero-order valence-corrected chi connectivity index (χ0v) is 15.5. The number of aryl methyl sites for hydroxylation is 1. The van der Waals surface area contributed by atoms with E-state index >= 15 is 0 Å². The number of aromatic nitrogens is 1. The SMILES string of the molecule is Cc1ccc2nc(-c3ccc(NCC4CCC(N)CC4)cc3)sc2c1. The second-order valence-corrected chi connectivity index (χ2v) is 8.26. The van der Waals surface area contributed by atoms with E-state index in [4.69, 9.17) is 10.7 Å². The number of rotatable bonds is 4. The zero-order chi connectivity index (χ0) is 17.2. The summed E-state index contributed by atoms with van der Waals surface area (Å²) in [7, 11) is 0. The van der Waals surface area contributed by atoms with E-state index in [2.05, 4.69) is 54.7 Å². The fourth-order valence-corrected chi connectivity index (χ4v) is 4.61. The van der Waals surface area contributed by atoms with Crippen molar-refractivity contribution in [3.8, 4) is 10.6 Å². The van der Waals surface area contributed by atoms with E-state index in [1.54, 1.807) is 11.3 Å². The molecule has 4 heteroatoms. The largest absolute Gasteiger partial charge is 0.385 e. The Hall–Kier alpha value is -1.91. The van der Waals surface area contributed by atoms with E-state index in [9.17, 15) is 0 Å². The molecular formula is C21H25N3S. The summed E-state index contributed by atoms with van der Waals surface area (Å²) in [5, 5.41) is 4.68. The molecule has 3 nitrogen and oxygen atoms in total. The van der Waals surface area contributed by atoms with Gasteiger partial charge in [-0.25, -0.2) is 4.98 Å². The molecule has 1 aliphatic rings. The van der Waals surface area contributed by atoms with Gasteiger partial charge in [-0.15, -0.1) is 11.3 Å². The zero-order valence-electron chi connectivity index (χ0n) is 14.7. The number of nitrogens with zero attached hydrogens (tertiary/aromatic N) is 1. The number of hydrogen-bond donors (Lipinski definition) is 2. The molecule has 130 valence electrons. The van der Waals surface area contributed by atoms with Crippen LogP contribution in [0.5, 0.6) is 0 Å². The van der Waals surface area contributed by atoms with Gasteiger partial charge in [0, 0.05) is 23.8 Å². The highest BCUT2D eigenvalue weighted by Crippen LogP contribution is 2.31. The fourth-order valence-electron chi connectivity index (χ4n) is 3.54. The van der Waals surface area contributed by atoms with E-state index in [1.165, 1.54) is 47.2 Å². The number of hydrogen-bond acceptors (Lipinski definition) is 4. The average molecular weight is 352 g/mol. The fraction of sp³-hybridized carbons (Fsp3) is 0.381. The molecule has 0 spiro atoms. The minimum atomic E-state index is 0.424. The van der Waals surface area contributed by atoms with Gasteiger partial charge in [-0.05, 0) is 80.5 Å². The van der Waals surface area contributed by atoms with E-state index in [0.717, 1.165) is 23.0 Å². The van der Waals surface area contributed by atoms with Crippen LogP contribution in [0.2, 0.25) is 0 Å². The molecule has 0 aliphatic heterocycles. The van der Waals surface area contributed by atoms with Gasteiger partial charge in [0.15, 0.2) is 0 Å². The molecule has 1 aliphatic carbocycles. The summed E-state index contributed by atoms with van der Waals surface area (Å²) in [4.78, 5) is 4.77. The number of thiazole rings is 1. The van der Waals surface area contributed by atoms with Crippen LogP contribution in [0.4, 0.5) is 5.69 Å². The van der Waals surface area contributed by atoms with Crippen LogP contribution in [-0.4, -0.2) is 17.6 Å². The van der Waals surface area contributed by atoms with Crippen LogP contribution in [0.15, 0.2) is 42.5 Å². The lowest BCUT2D eigenvalue weighted by molar-refractivity contribution is 0.339. The predicted octanol–water partition coefficient (Wildman–Crippen LogP) is 5.20. The smallest absolute Gasteiger partial charge is 0.124 e. The Morgan fingerprint density at radius 1 is 1.08 bits per heavy atom. The van der Waals surface area contributed by atoms with Crippen LogP contribution >= 0.6 is 11.3 Å². The van der Waals surface area contributed by atoms with Crippen LogP contribution in [0, 0.1) is 12.8 Å². The molecule has 0 amide bonds. The van der Waals surface area contributed by atoms with Gasteiger partial charge >= 0.3 is 0 Å². The Kier molecular flexibility index (Phi) is 4.73. The molecule has 1 heterocycles. The van der Waals surface area contributed by atoms with Crippen molar-refractivity contribution in [2.24, 2.45) is 11.7 Å². The summed E-state index contributed by atoms with van der Waals surface area (Å²) in [6.07, 6.45) is 4.83. The molecule has 3 N–H and O–H groups in total. The molecule has 0 unspecified atom stereocenters. The maximum Gasteiger partial charge on any atom is 0.124 e. The van der Waals surface area contributed by atoms with Crippen LogP contribution in [0.3, 0.4) is 0 Å². The maximum atomic E-state index is 5.99. The van der Waals surface area contributed by atoms with Crippen molar-refractivity contribution in [3.63, 3.8) is 0 Å². The molecule has 1 fully saturated rings. The number of fused-ring (bicyclic) bond motifs is 1. The molecule has 4 rings (SSSR count). The van der Waals surface area contributed by atoms with Crippen molar-refractivity contribution in [3.05, 3.63) is 48.0 Å². The highest BCUT2D eigenvalue weighted by Gasteiger charge is 2.18. The van der Waals surface area contributed by atoms with Gasteiger partial charge in [0.05, 0.1) is 10.2 Å². The van der Waals surface area contributed by atoms with Crippen LogP contribution in [0.1, 0.15) is 31.2 Å². The quantitative estimate of drug-likeness (QED) is 0.679. The lowest BCUT2D eigenvalue weighted by Gasteiger charge is -2.26. The molecule has 25 heavy (non-hydrogen) atoms. The summed E-state index contributed by atoms with van der Waals surface area (Å²) in [6, 6.07) is 15.5. The van der Waals surface area contributed by atoms with Crippen molar-refractivity contribution in [2.75, 3.05) is 11.9 Å². The molecule has 3 aromatic rings. The first-order chi connectivity index (χ1) is 12.2. The molecule has 0 bridgehead atoms. The molecule has 0 atom stereocenters. The van der Waals surface area contributed by atoms with Crippen molar-refractivity contribution < 1.29 is 0 Å². The third-order valence-corrected chi connectivity index (χ3v) is 6.23. The minimum Gasteiger partial charge on any atom is -0.385 e. The number of nitrogens with two attached hydrogens (primary N) is 1. The minimum absolute atomic E-state index is 0.424. The molecular weight excluding hydrogens is 326 g/mol. The van der Waals surface area contributed by atoms with Gasteiger partial charge in [0.1, 0.15) is 5.01 Å². The van der Waals surface area contributed by atoms with Crippen LogP contribution in [0.25, 0.3) is 20.8 Å². The van der Waals surface area contributed by atoms with Gasteiger partial charge in [0.2, 0.25) is 0 Å². The normalized spacial score (nSPS) is 20.7. The standard InChI is InChI=1S/C21H25N3S/c1-14-2-11-19-20(12-14)25-21(24-19)16-5-9-18(10-6-16)23-13-15-3-7-17(22)8-4-15/h2,5-6,9-12,15,17,23H,3-4,7-8,13,22H2,1H3. The van der Waals surface area contributed by atoms with Crippen molar-refractivity contribution in [1.82, 2.24) is 4.98 Å². The average Bonchev–Trinajstić information content (AvgIpc) is 3.05. The van der Waals surface area contributed by atoms with Gasteiger partial charge in [0.25, 0.3) is 0 Å². The lowest BCUT2D eigenvalue weighted by atomic mass is 9.86. The number of benzene rings is 2. The maximum absolute atomic E-state index is 5.99. The van der Waals surface area contributed by atoms with Gasteiger partial charge in [-0.3, -0.25) is 0 Å². The van der Waals surface area contributed by atoms with Crippen molar-refractivity contribution in [1.29, 1.82) is 0 Å². The summed E-state index contributed by atoms with van der Waals surface area (Å²) in [5.41, 5.74) is 10.7. The van der Waals surface area contributed by atoms with Crippen molar-refractivity contribution >= 4 is 27.2 Å². The number of anilines is 1. The van der Waals surface area contributed by atoms with E-state index < -0.39 is 0 Å². The summed E-state index contributed by atoms with van der Waals surface area (Å²) < 4.78 is 1.26. The predicted molar refractivity (Wildman–Crippen MR) is 108 cm³/mol. The second-order valence-electron chi connectivity index (χ2n) is 7.23. The van der Waals surface area contributed by atoms with E-state index in [0.29, 0.717) is 6.04 Å². The van der Waals surface area contributed by atoms with Gasteiger partial charge in [-0.2, -0.15) is 0 Å².